The van der Waals surface area contributed by atoms with Crippen molar-refractivity contribution in [2.75, 3.05) is 0 Å². The van der Waals surface area contributed by atoms with Crippen molar-refractivity contribution in [3.63, 3.8) is 0 Å². The molecule has 2 heterocycles. The van der Waals surface area contributed by atoms with E-state index in [1.807, 2.05) is 71.7 Å². The maximum Gasteiger partial charge on any atom is 0.244 e. The summed E-state index contributed by atoms with van der Waals surface area (Å²) in [5.41, 5.74) is 4.04. The fraction of sp³-hybridized carbons (Fsp3) is 0.0870. The van der Waals surface area contributed by atoms with Crippen molar-refractivity contribution in [2.24, 2.45) is 0 Å². The molecule has 1 amide bonds. The first-order valence-electron chi connectivity index (χ1n) is 9.38. The van der Waals surface area contributed by atoms with Gasteiger partial charge in [-0.15, -0.1) is 0 Å². The van der Waals surface area contributed by atoms with Gasteiger partial charge in [-0.2, -0.15) is 10.2 Å². The second kappa shape index (κ2) is 8.84. The Morgan fingerprint density at radius 2 is 1.76 bits per heavy atom. The van der Waals surface area contributed by atoms with Gasteiger partial charge >= 0.3 is 0 Å². The van der Waals surface area contributed by atoms with Gasteiger partial charge in [0.25, 0.3) is 0 Å². The second-order valence-electron chi connectivity index (χ2n) is 6.58. The number of hydrogen-bond acceptors (Lipinski definition) is 3. The number of para-hydroxylation sites is 1. The molecule has 0 aliphatic rings. The Kier molecular flexibility index (Phi) is 5.62. The number of amides is 1. The second-order valence-corrected chi connectivity index (χ2v) is 6.58. The largest absolute Gasteiger partial charge is 0.348 e. The van der Waals surface area contributed by atoms with Crippen LogP contribution >= 0.6 is 0 Å². The first-order chi connectivity index (χ1) is 14.3. The van der Waals surface area contributed by atoms with E-state index in [9.17, 15) is 4.79 Å². The molecule has 2 aromatic heterocycles. The van der Waals surface area contributed by atoms with Crippen LogP contribution in [0.25, 0.3) is 11.8 Å². The van der Waals surface area contributed by atoms with Crippen molar-refractivity contribution in [1.29, 1.82) is 0 Å². The molecule has 0 radical (unpaired) electrons. The minimum atomic E-state index is -0.147. The third-order valence-electron chi connectivity index (χ3n) is 4.51. The molecule has 0 fully saturated rings. The zero-order valence-corrected chi connectivity index (χ0v) is 15.8. The Morgan fingerprint density at radius 3 is 2.55 bits per heavy atom. The highest BCUT2D eigenvalue weighted by Crippen LogP contribution is 2.11. The molecular formula is C23H21N5O. The Bertz CT molecular complexity index is 1100. The lowest BCUT2D eigenvalue weighted by Crippen LogP contribution is -2.21. The molecule has 0 spiro atoms. The third kappa shape index (κ3) is 4.87. The molecule has 0 bridgehead atoms. The Balaban J connectivity index is 1.36. The summed E-state index contributed by atoms with van der Waals surface area (Å²) in [6.07, 6.45) is 10.6. The monoisotopic (exact) mass is 383 g/mol. The molecule has 0 unspecified atom stereocenters. The van der Waals surface area contributed by atoms with Gasteiger partial charge in [0, 0.05) is 36.8 Å². The maximum atomic E-state index is 12.3. The van der Waals surface area contributed by atoms with Gasteiger partial charge in [-0.3, -0.25) is 9.48 Å². The summed E-state index contributed by atoms with van der Waals surface area (Å²) in [5.74, 6) is -0.147. The van der Waals surface area contributed by atoms with Crippen molar-refractivity contribution < 1.29 is 4.79 Å². The van der Waals surface area contributed by atoms with Crippen LogP contribution in [0.4, 0.5) is 0 Å². The number of nitrogens with one attached hydrogen (secondary N) is 1. The van der Waals surface area contributed by atoms with Crippen LogP contribution in [-0.2, 0) is 17.9 Å². The molecule has 4 aromatic rings. The highest BCUT2D eigenvalue weighted by Gasteiger charge is 2.05. The molecule has 6 nitrogen and oxygen atoms in total. The summed E-state index contributed by atoms with van der Waals surface area (Å²) in [6.45, 7) is 1.14. The van der Waals surface area contributed by atoms with Crippen LogP contribution in [0.1, 0.15) is 16.7 Å². The van der Waals surface area contributed by atoms with Crippen LogP contribution < -0.4 is 5.32 Å². The van der Waals surface area contributed by atoms with Crippen molar-refractivity contribution in [2.45, 2.75) is 13.1 Å². The summed E-state index contributed by atoms with van der Waals surface area (Å²) in [4.78, 5) is 12.3. The summed E-state index contributed by atoms with van der Waals surface area (Å²) in [5, 5.41) is 11.5. The van der Waals surface area contributed by atoms with E-state index in [0.717, 1.165) is 22.4 Å². The van der Waals surface area contributed by atoms with Gasteiger partial charge in [0.1, 0.15) is 0 Å². The molecule has 0 saturated carbocycles. The number of carbonyl (C=O) groups is 1. The van der Waals surface area contributed by atoms with Gasteiger partial charge in [0.05, 0.1) is 18.4 Å². The lowest BCUT2D eigenvalue weighted by atomic mass is 10.1. The average Bonchev–Trinajstić information content (AvgIpc) is 3.44. The molecule has 0 aliphatic heterocycles. The maximum absolute atomic E-state index is 12.3. The number of carbonyl (C=O) groups excluding carboxylic acids is 1. The third-order valence-corrected chi connectivity index (χ3v) is 4.51. The first-order valence-corrected chi connectivity index (χ1v) is 9.38. The minimum Gasteiger partial charge on any atom is -0.348 e. The van der Waals surface area contributed by atoms with Crippen LogP contribution in [0.3, 0.4) is 0 Å². The molecule has 1 N–H and O–H groups in total. The normalized spacial score (nSPS) is 11.0. The molecule has 0 saturated heterocycles. The highest BCUT2D eigenvalue weighted by atomic mass is 16.1. The minimum absolute atomic E-state index is 0.147. The lowest BCUT2D eigenvalue weighted by Gasteiger charge is -2.10. The fourth-order valence-electron chi connectivity index (χ4n) is 3.01. The van der Waals surface area contributed by atoms with Gasteiger partial charge in [-0.1, -0.05) is 42.5 Å². The Labute approximate surface area is 169 Å². The standard InChI is InChI=1S/C23H21N5O/c29-23(12-11-19-15-26-28(17-19)22-9-2-1-3-10-22)24-16-20-7-4-5-8-21(20)18-27-14-6-13-25-27/h1-15,17H,16,18H2,(H,24,29)/b12-11+. The number of rotatable bonds is 7. The van der Waals surface area contributed by atoms with Gasteiger partial charge < -0.3 is 5.32 Å². The molecule has 4 rings (SSSR count). The van der Waals surface area contributed by atoms with Crippen molar-refractivity contribution in [3.05, 3.63) is 108 Å². The number of benzene rings is 2. The van der Waals surface area contributed by atoms with Crippen LogP contribution in [0.2, 0.25) is 0 Å². The number of hydrogen-bond donors (Lipinski definition) is 1. The molecule has 2 aromatic carbocycles. The van der Waals surface area contributed by atoms with E-state index >= 15 is 0 Å². The smallest absolute Gasteiger partial charge is 0.244 e. The molecule has 0 atom stereocenters. The van der Waals surface area contributed by atoms with Crippen LogP contribution in [0, 0.1) is 0 Å². The number of nitrogens with zero attached hydrogens (tertiary/aromatic N) is 4. The Hall–Kier alpha value is -3.93. The number of aromatic nitrogens is 4. The summed E-state index contributed by atoms with van der Waals surface area (Å²) in [7, 11) is 0. The van der Waals surface area contributed by atoms with Crippen molar-refractivity contribution in [3.8, 4) is 5.69 Å². The molecule has 0 aliphatic carbocycles. The molecular weight excluding hydrogens is 362 g/mol. The quantitative estimate of drug-likeness (QED) is 0.497. The molecule has 29 heavy (non-hydrogen) atoms. The predicted molar refractivity (Wildman–Crippen MR) is 112 cm³/mol. The molecule has 6 heteroatoms. The average molecular weight is 383 g/mol. The van der Waals surface area contributed by atoms with Crippen LogP contribution in [0.5, 0.6) is 0 Å². The van der Waals surface area contributed by atoms with E-state index in [1.165, 1.54) is 6.08 Å². The predicted octanol–water partition coefficient (Wildman–Crippen LogP) is 3.45. The van der Waals surface area contributed by atoms with Crippen LogP contribution in [0.15, 0.2) is 91.5 Å². The summed E-state index contributed by atoms with van der Waals surface area (Å²) in [6, 6.07) is 19.8. The van der Waals surface area contributed by atoms with E-state index < -0.39 is 0 Å². The van der Waals surface area contributed by atoms with E-state index in [4.69, 9.17) is 0 Å². The van der Waals surface area contributed by atoms with Crippen molar-refractivity contribution in [1.82, 2.24) is 24.9 Å². The van der Waals surface area contributed by atoms with Gasteiger partial charge in [0.15, 0.2) is 0 Å². The SMILES string of the molecule is O=C(/C=C/c1cnn(-c2ccccc2)c1)NCc1ccccc1Cn1cccn1. The summed E-state index contributed by atoms with van der Waals surface area (Å²) >= 11 is 0. The van der Waals surface area contributed by atoms with Gasteiger partial charge in [0.2, 0.25) is 5.91 Å². The molecule has 144 valence electrons. The van der Waals surface area contributed by atoms with Crippen molar-refractivity contribution >= 4 is 12.0 Å². The Morgan fingerprint density at radius 1 is 0.966 bits per heavy atom. The van der Waals surface area contributed by atoms with E-state index in [2.05, 4.69) is 21.6 Å². The van der Waals surface area contributed by atoms with E-state index in [-0.39, 0.29) is 5.91 Å². The highest BCUT2D eigenvalue weighted by molar-refractivity contribution is 5.91. The van der Waals surface area contributed by atoms with Crippen LogP contribution in [-0.4, -0.2) is 25.5 Å². The van der Waals surface area contributed by atoms with E-state index in [1.54, 1.807) is 23.2 Å². The van der Waals surface area contributed by atoms with E-state index in [0.29, 0.717) is 13.1 Å². The zero-order chi connectivity index (χ0) is 19.9. The topological polar surface area (TPSA) is 64.7 Å². The zero-order valence-electron chi connectivity index (χ0n) is 15.8. The fourth-order valence-corrected chi connectivity index (χ4v) is 3.01. The van der Waals surface area contributed by atoms with Gasteiger partial charge in [-0.25, -0.2) is 4.68 Å². The first kappa shape index (κ1) is 18.4. The van der Waals surface area contributed by atoms with Gasteiger partial charge in [-0.05, 0) is 35.4 Å². The summed E-state index contributed by atoms with van der Waals surface area (Å²) < 4.78 is 3.65. The lowest BCUT2D eigenvalue weighted by molar-refractivity contribution is -0.116.